The number of fused-ring (bicyclic) bond motifs is 4. The second-order valence-corrected chi connectivity index (χ2v) is 13.4. The topological polar surface area (TPSA) is 121 Å². The lowest BCUT2D eigenvalue weighted by Gasteiger charge is -2.51. The summed E-state index contributed by atoms with van der Waals surface area (Å²) in [6.07, 6.45) is 1.88. The molecule has 0 radical (unpaired) electrons. The molecule has 46 heavy (non-hydrogen) atoms. The largest absolute Gasteiger partial charge is 0.508 e. The lowest BCUT2D eigenvalue weighted by Crippen LogP contribution is -2.60. The summed E-state index contributed by atoms with van der Waals surface area (Å²) < 4.78 is 5.58. The molecule has 2 aliphatic heterocycles. The van der Waals surface area contributed by atoms with Gasteiger partial charge in [-0.05, 0) is 49.1 Å². The van der Waals surface area contributed by atoms with Crippen molar-refractivity contribution in [2.75, 3.05) is 19.1 Å². The number of nitrogens with zero attached hydrogens (tertiary/aromatic N) is 2. The summed E-state index contributed by atoms with van der Waals surface area (Å²) in [5.74, 6) is -5.62. The van der Waals surface area contributed by atoms with Gasteiger partial charge in [0.2, 0.25) is 11.8 Å². The number of ketones is 1. The number of hydrogen-bond acceptors (Lipinski definition) is 7. The van der Waals surface area contributed by atoms with E-state index in [1.807, 2.05) is 12.1 Å². The van der Waals surface area contributed by atoms with Crippen molar-refractivity contribution >= 4 is 58.3 Å². The Labute approximate surface area is 274 Å². The number of methoxy groups -OCH3 is 1. The predicted molar refractivity (Wildman–Crippen MR) is 169 cm³/mol. The van der Waals surface area contributed by atoms with Gasteiger partial charge in [0, 0.05) is 35.7 Å². The van der Waals surface area contributed by atoms with Crippen molar-refractivity contribution in [1.82, 2.24) is 4.90 Å². The number of phenols is 1. The Kier molecular flexibility index (Phi) is 6.92. The van der Waals surface area contributed by atoms with Crippen LogP contribution in [0.4, 0.5) is 5.69 Å². The number of allylic oxidation sites excluding steroid dienone is 2. The van der Waals surface area contributed by atoms with Crippen molar-refractivity contribution in [1.29, 1.82) is 0 Å². The summed E-state index contributed by atoms with van der Waals surface area (Å²) in [6, 6.07) is 19.5. The Morgan fingerprint density at radius 3 is 2.24 bits per heavy atom. The molecule has 6 atom stereocenters. The fraction of sp³-hybridized carbons (Fsp3) is 0.286. The highest BCUT2D eigenvalue weighted by molar-refractivity contribution is 6.53. The highest BCUT2D eigenvalue weighted by atomic mass is 35.5. The maximum atomic E-state index is 14.3. The van der Waals surface area contributed by atoms with Gasteiger partial charge in [-0.15, -0.1) is 23.2 Å². The number of carbonyl (C=O) groups is 5. The van der Waals surface area contributed by atoms with Gasteiger partial charge in [0.25, 0.3) is 11.8 Å². The van der Waals surface area contributed by atoms with E-state index in [1.54, 1.807) is 54.6 Å². The SMILES string of the molecule is COc1cc(O)ccc1[C@H]1C2=CC[C@@H]3C(=O)N(c4ccc(C(=O)c5ccccc5)cc4)C(=O)[C@@H]3[C@@H]2C[C@@]2(Cl)C(=O)N(C)C(=O)[C@@]12Cl. The number of halogens is 2. The molecule has 4 amide bonds. The van der Waals surface area contributed by atoms with Gasteiger partial charge in [-0.3, -0.25) is 33.8 Å². The Bertz CT molecular complexity index is 1880. The van der Waals surface area contributed by atoms with E-state index in [1.165, 1.54) is 26.3 Å². The van der Waals surface area contributed by atoms with Crippen molar-refractivity contribution in [3.8, 4) is 11.5 Å². The van der Waals surface area contributed by atoms with Crippen LogP contribution in [0.3, 0.4) is 0 Å². The Balaban J connectivity index is 1.29. The lowest BCUT2D eigenvalue weighted by atomic mass is 9.56. The van der Waals surface area contributed by atoms with E-state index in [4.69, 9.17) is 27.9 Å². The summed E-state index contributed by atoms with van der Waals surface area (Å²) in [5, 5.41) is 10.2. The van der Waals surface area contributed by atoms with E-state index in [-0.39, 0.29) is 30.1 Å². The number of carbonyl (C=O) groups excluding carboxylic acids is 5. The standard InChI is InChI=1S/C35H28Cl2N2O7/c1-38-32(44)34(36)17-25-22(28(35(34,37)33(38)45)23-13-12-21(40)16-26(23)46-2)14-15-24-27(25)31(43)39(30(24)42)20-10-8-19(9-11-20)29(41)18-6-4-3-5-7-18/h3-14,16,24-25,27-28,40H,15,17H2,1-2H3/t24-,25+,27-,28+,34+,35-/m0/s1. The number of aromatic hydroxyl groups is 1. The van der Waals surface area contributed by atoms with Crippen LogP contribution in [0.5, 0.6) is 11.5 Å². The molecule has 4 aliphatic rings. The Hall–Kier alpha value is -4.47. The number of ether oxygens (including phenoxy) is 1. The van der Waals surface area contributed by atoms with Gasteiger partial charge < -0.3 is 9.84 Å². The maximum absolute atomic E-state index is 14.3. The minimum Gasteiger partial charge on any atom is -0.508 e. The zero-order chi connectivity index (χ0) is 32.7. The van der Waals surface area contributed by atoms with Crippen LogP contribution < -0.4 is 9.64 Å². The summed E-state index contributed by atoms with van der Waals surface area (Å²) >= 11 is 14.4. The molecule has 2 saturated heterocycles. The van der Waals surface area contributed by atoms with Gasteiger partial charge >= 0.3 is 0 Å². The Morgan fingerprint density at radius 2 is 1.57 bits per heavy atom. The molecule has 0 aromatic heterocycles. The number of phenolic OH excluding ortho intramolecular Hbond substituents is 1. The van der Waals surface area contributed by atoms with Crippen molar-refractivity contribution in [2.24, 2.45) is 17.8 Å². The monoisotopic (exact) mass is 658 g/mol. The summed E-state index contributed by atoms with van der Waals surface area (Å²) in [6.45, 7) is 0. The third-order valence-corrected chi connectivity index (χ3v) is 11.4. The van der Waals surface area contributed by atoms with Crippen molar-refractivity contribution in [3.63, 3.8) is 0 Å². The first-order valence-electron chi connectivity index (χ1n) is 14.8. The fourth-order valence-corrected chi connectivity index (χ4v) is 8.81. The average Bonchev–Trinajstić information content (AvgIpc) is 3.39. The number of hydrogen-bond donors (Lipinski definition) is 1. The number of benzene rings is 3. The molecule has 234 valence electrons. The molecule has 7 rings (SSSR count). The van der Waals surface area contributed by atoms with Crippen LogP contribution in [0.1, 0.15) is 40.2 Å². The molecule has 11 heteroatoms. The van der Waals surface area contributed by atoms with E-state index in [0.717, 1.165) is 9.80 Å². The number of rotatable bonds is 5. The molecule has 3 fully saturated rings. The quantitative estimate of drug-likeness (QED) is 0.180. The minimum absolute atomic E-state index is 0.0824. The number of alkyl halides is 2. The van der Waals surface area contributed by atoms with Crippen LogP contribution in [-0.4, -0.2) is 63.3 Å². The van der Waals surface area contributed by atoms with Crippen molar-refractivity contribution in [3.05, 3.63) is 101 Å². The molecule has 2 aliphatic carbocycles. The molecule has 3 aromatic carbocycles. The van der Waals surface area contributed by atoms with Gasteiger partial charge in [0.05, 0.1) is 24.6 Å². The zero-order valence-electron chi connectivity index (χ0n) is 24.8. The average molecular weight is 660 g/mol. The summed E-state index contributed by atoms with van der Waals surface area (Å²) in [4.78, 5) is 66.6. The highest BCUT2D eigenvalue weighted by Crippen LogP contribution is 2.66. The first-order valence-corrected chi connectivity index (χ1v) is 15.5. The highest BCUT2D eigenvalue weighted by Gasteiger charge is 2.76. The van der Waals surface area contributed by atoms with Crippen LogP contribution in [0.25, 0.3) is 0 Å². The third kappa shape index (κ3) is 3.97. The Morgan fingerprint density at radius 1 is 0.891 bits per heavy atom. The van der Waals surface area contributed by atoms with E-state index >= 15 is 0 Å². The van der Waals surface area contributed by atoms with E-state index in [0.29, 0.717) is 28.0 Å². The van der Waals surface area contributed by atoms with Gasteiger partial charge in [-0.1, -0.05) is 48.0 Å². The second kappa shape index (κ2) is 10.5. The number of anilines is 1. The van der Waals surface area contributed by atoms with Crippen LogP contribution >= 0.6 is 23.2 Å². The van der Waals surface area contributed by atoms with Crippen LogP contribution in [0.15, 0.2) is 84.4 Å². The molecular formula is C35H28Cl2N2O7. The van der Waals surface area contributed by atoms with E-state index < -0.39 is 57.0 Å². The summed E-state index contributed by atoms with van der Waals surface area (Å²) in [7, 11) is 2.73. The fourth-order valence-electron chi connectivity index (χ4n) is 7.80. The van der Waals surface area contributed by atoms with Crippen LogP contribution in [0.2, 0.25) is 0 Å². The molecule has 1 N–H and O–H groups in total. The molecular weight excluding hydrogens is 631 g/mol. The first-order chi connectivity index (χ1) is 21.9. The minimum atomic E-state index is -1.97. The zero-order valence-corrected chi connectivity index (χ0v) is 26.3. The molecule has 0 bridgehead atoms. The molecule has 0 unspecified atom stereocenters. The number of amides is 4. The van der Waals surface area contributed by atoms with Crippen molar-refractivity contribution in [2.45, 2.75) is 28.5 Å². The van der Waals surface area contributed by atoms with E-state index in [2.05, 4.69) is 0 Å². The van der Waals surface area contributed by atoms with Crippen LogP contribution in [-0.2, 0) is 19.2 Å². The van der Waals surface area contributed by atoms with Crippen molar-refractivity contribution < 1.29 is 33.8 Å². The van der Waals surface area contributed by atoms with Gasteiger partial charge in [-0.25, -0.2) is 0 Å². The third-order valence-electron chi connectivity index (χ3n) is 9.97. The molecule has 2 heterocycles. The lowest BCUT2D eigenvalue weighted by molar-refractivity contribution is -0.138. The van der Waals surface area contributed by atoms with Crippen LogP contribution in [0, 0.1) is 17.8 Å². The second-order valence-electron chi connectivity index (χ2n) is 12.2. The van der Waals surface area contributed by atoms with Gasteiger partial charge in [0.1, 0.15) is 11.5 Å². The number of imide groups is 2. The first kappa shape index (κ1) is 30.2. The smallest absolute Gasteiger partial charge is 0.253 e. The molecule has 1 saturated carbocycles. The van der Waals surface area contributed by atoms with Gasteiger partial charge in [-0.2, -0.15) is 0 Å². The van der Waals surface area contributed by atoms with Gasteiger partial charge in [0.15, 0.2) is 15.5 Å². The molecule has 3 aromatic rings. The van der Waals surface area contributed by atoms with E-state index in [9.17, 15) is 29.1 Å². The molecule has 9 nitrogen and oxygen atoms in total. The number of likely N-dealkylation sites (tertiary alicyclic amines) is 1. The normalized spacial score (nSPS) is 30.1. The molecule has 0 spiro atoms. The maximum Gasteiger partial charge on any atom is 0.253 e. The summed E-state index contributed by atoms with van der Waals surface area (Å²) in [5.41, 5.74) is 2.27. The predicted octanol–water partition coefficient (Wildman–Crippen LogP) is 4.83.